The van der Waals surface area contributed by atoms with Gasteiger partial charge in [-0.2, -0.15) is 0 Å². The molecule has 0 radical (unpaired) electrons. The molecule has 0 saturated heterocycles. The average Bonchev–Trinajstić information content (AvgIpc) is 2.76. The van der Waals surface area contributed by atoms with Crippen LogP contribution in [0.2, 0.25) is 0 Å². The highest BCUT2D eigenvalue weighted by molar-refractivity contribution is 6.04. The van der Waals surface area contributed by atoms with E-state index in [1.807, 2.05) is 6.92 Å². The van der Waals surface area contributed by atoms with Crippen LogP contribution in [0.5, 0.6) is 0 Å². The van der Waals surface area contributed by atoms with Gasteiger partial charge in [-0.05, 0) is 32.8 Å². The molecule has 1 aromatic heterocycles. The number of esters is 1. The van der Waals surface area contributed by atoms with Crippen LogP contribution in [0.15, 0.2) is 0 Å². The van der Waals surface area contributed by atoms with E-state index >= 15 is 0 Å². The number of nitrogens with zero attached hydrogens (tertiary/aromatic N) is 2. The molecule has 0 bridgehead atoms. The molecule has 1 amide bonds. The summed E-state index contributed by atoms with van der Waals surface area (Å²) >= 11 is 0. The number of ketones is 1. The van der Waals surface area contributed by atoms with Gasteiger partial charge in [0.05, 0.1) is 13.2 Å². The van der Waals surface area contributed by atoms with Crippen LogP contribution in [0.3, 0.4) is 0 Å². The van der Waals surface area contributed by atoms with E-state index in [9.17, 15) is 14.4 Å². The summed E-state index contributed by atoms with van der Waals surface area (Å²) in [6.07, 6.45) is 1.16. The number of ether oxygens (including phenoxy) is 1. The Labute approximate surface area is 143 Å². The molecule has 0 aliphatic rings. The third kappa shape index (κ3) is 4.04. The maximum absolute atomic E-state index is 12.8. The standard InChI is InChI=1S/C18H28N2O4/c1-7-10-20(15(22)8-2)11-14(21)16-12(4)17(18(23)24-9-3)19(6)13(16)5/h7-11H2,1-6H3. The van der Waals surface area contributed by atoms with Crippen LogP contribution in [0.25, 0.3) is 0 Å². The van der Waals surface area contributed by atoms with Crippen molar-refractivity contribution in [2.75, 3.05) is 19.7 Å². The second-order valence-corrected chi connectivity index (χ2v) is 5.81. The minimum Gasteiger partial charge on any atom is -0.461 e. The van der Waals surface area contributed by atoms with Crippen LogP contribution in [-0.4, -0.2) is 46.8 Å². The predicted octanol–water partition coefficient (Wildman–Crippen LogP) is 2.65. The van der Waals surface area contributed by atoms with Gasteiger partial charge in [-0.15, -0.1) is 0 Å². The first kappa shape index (κ1) is 19.9. The van der Waals surface area contributed by atoms with Gasteiger partial charge in [0.2, 0.25) is 5.91 Å². The van der Waals surface area contributed by atoms with E-state index in [1.165, 1.54) is 0 Å². The summed E-state index contributed by atoms with van der Waals surface area (Å²) in [6.45, 7) is 9.91. The molecule has 0 aliphatic carbocycles. The van der Waals surface area contributed by atoms with Gasteiger partial charge >= 0.3 is 5.97 Å². The number of carbonyl (C=O) groups excluding carboxylic acids is 3. The summed E-state index contributed by atoms with van der Waals surface area (Å²) in [5, 5.41) is 0. The van der Waals surface area contributed by atoms with E-state index in [4.69, 9.17) is 4.74 Å². The quantitative estimate of drug-likeness (QED) is 0.540. The van der Waals surface area contributed by atoms with Crippen molar-refractivity contribution in [2.24, 2.45) is 7.05 Å². The van der Waals surface area contributed by atoms with Crippen LogP contribution >= 0.6 is 0 Å². The van der Waals surface area contributed by atoms with E-state index in [2.05, 4.69) is 0 Å². The summed E-state index contributed by atoms with van der Waals surface area (Å²) in [5.74, 6) is -0.622. The van der Waals surface area contributed by atoms with Gasteiger partial charge in [-0.25, -0.2) is 4.79 Å². The first-order valence-corrected chi connectivity index (χ1v) is 8.43. The average molecular weight is 336 g/mol. The molecule has 0 aliphatic heterocycles. The largest absolute Gasteiger partial charge is 0.461 e. The Hall–Kier alpha value is -2.11. The summed E-state index contributed by atoms with van der Waals surface area (Å²) in [5.41, 5.74) is 2.21. The van der Waals surface area contributed by atoms with Crippen LogP contribution < -0.4 is 0 Å². The van der Waals surface area contributed by atoms with Crippen molar-refractivity contribution in [1.29, 1.82) is 0 Å². The first-order chi connectivity index (χ1) is 11.3. The second-order valence-electron chi connectivity index (χ2n) is 5.81. The first-order valence-electron chi connectivity index (χ1n) is 8.43. The molecule has 24 heavy (non-hydrogen) atoms. The van der Waals surface area contributed by atoms with E-state index in [0.717, 1.165) is 6.42 Å². The zero-order chi connectivity index (χ0) is 18.4. The summed E-state index contributed by atoms with van der Waals surface area (Å²) in [4.78, 5) is 38.5. The minimum atomic E-state index is -0.435. The molecular weight excluding hydrogens is 308 g/mol. The highest BCUT2D eigenvalue weighted by atomic mass is 16.5. The van der Waals surface area contributed by atoms with Crippen LogP contribution in [0.4, 0.5) is 0 Å². The highest BCUT2D eigenvalue weighted by Crippen LogP contribution is 2.23. The molecule has 6 nitrogen and oxygen atoms in total. The zero-order valence-corrected chi connectivity index (χ0v) is 15.6. The van der Waals surface area contributed by atoms with Crippen molar-refractivity contribution in [3.05, 3.63) is 22.5 Å². The monoisotopic (exact) mass is 336 g/mol. The maximum Gasteiger partial charge on any atom is 0.355 e. The van der Waals surface area contributed by atoms with Crippen LogP contribution in [0, 0.1) is 13.8 Å². The molecule has 0 atom stereocenters. The molecule has 0 spiro atoms. The van der Waals surface area contributed by atoms with E-state index in [0.29, 0.717) is 35.5 Å². The number of rotatable bonds is 8. The lowest BCUT2D eigenvalue weighted by Gasteiger charge is -2.21. The molecule has 6 heteroatoms. The number of Topliss-reactive ketones (excluding diaryl/α,β-unsaturated/α-hetero) is 1. The molecule has 0 fully saturated rings. The maximum atomic E-state index is 12.8. The molecule has 0 N–H and O–H groups in total. The van der Waals surface area contributed by atoms with Gasteiger partial charge in [0.15, 0.2) is 5.78 Å². The molecule has 1 aromatic rings. The molecule has 0 saturated carbocycles. The number of hydrogen-bond acceptors (Lipinski definition) is 4. The predicted molar refractivity (Wildman–Crippen MR) is 92.3 cm³/mol. The second kappa shape index (κ2) is 8.66. The van der Waals surface area contributed by atoms with Crippen LogP contribution in [-0.2, 0) is 16.6 Å². The Balaban J connectivity index is 3.17. The Morgan fingerprint density at radius 2 is 1.75 bits per heavy atom. The fourth-order valence-electron chi connectivity index (χ4n) is 2.91. The lowest BCUT2D eigenvalue weighted by molar-refractivity contribution is -0.130. The van der Waals surface area contributed by atoms with Crippen LogP contribution in [0.1, 0.15) is 65.7 Å². The molecule has 0 aromatic carbocycles. The SMILES string of the molecule is CCCN(CC(=O)c1c(C)c(C(=O)OCC)n(C)c1C)C(=O)CC. The van der Waals surface area contributed by atoms with Gasteiger partial charge in [-0.1, -0.05) is 13.8 Å². The molecule has 134 valence electrons. The third-order valence-electron chi connectivity index (χ3n) is 4.16. The van der Waals surface area contributed by atoms with Gasteiger partial charge in [0, 0.05) is 31.3 Å². The topological polar surface area (TPSA) is 68.6 Å². The van der Waals surface area contributed by atoms with Gasteiger partial charge in [0.25, 0.3) is 0 Å². The van der Waals surface area contributed by atoms with Gasteiger partial charge in [0.1, 0.15) is 5.69 Å². The van der Waals surface area contributed by atoms with Crippen molar-refractivity contribution in [1.82, 2.24) is 9.47 Å². The highest BCUT2D eigenvalue weighted by Gasteiger charge is 2.27. The van der Waals surface area contributed by atoms with E-state index in [1.54, 1.807) is 44.2 Å². The zero-order valence-electron chi connectivity index (χ0n) is 15.6. The summed E-state index contributed by atoms with van der Waals surface area (Å²) in [6, 6.07) is 0. The number of carbonyl (C=O) groups is 3. The van der Waals surface area contributed by atoms with Gasteiger partial charge < -0.3 is 14.2 Å². The Kier molecular flexibility index (Phi) is 7.19. The summed E-state index contributed by atoms with van der Waals surface area (Å²) in [7, 11) is 1.74. The van der Waals surface area contributed by atoms with Crippen molar-refractivity contribution in [3.63, 3.8) is 0 Å². The van der Waals surface area contributed by atoms with Crippen molar-refractivity contribution in [3.8, 4) is 0 Å². The smallest absolute Gasteiger partial charge is 0.355 e. The molecule has 0 unspecified atom stereocenters. The third-order valence-corrected chi connectivity index (χ3v) is 4.16. The molecular formula is C18H28N2O4. The summed E-state index contributed by atoms with van der Waals surface area (Å²) < 4.78 is 6.76. The number of hydrogen-bond donors (Lipinski definition) is 0. The number of aromatic nitrogens is 1. The van der Waals surface area contributed by atoms with E-state index in [-0.39, 0.29) is 24.8 Å². The Morgan fingerprint density at radius 1 is 1.12 bits per heavy atom. The van der Waals surface area contributed by atoms with E-state index < -0.39 is 5.97 Å². The van der Waals surface area contributed by atoms with Gasteiger partial charge in [-0.3, -0.25) is 9.59 Å². The fourth-order valence-corrected chi connectivity index (χ4v) is 2.91. The lowest BCUT2D eigenvalue weighted by atomic mass is 10.0. The molecule has 1 rings (SSSR count). The van der Waals surface area contributed by atoms with Crippen molar-refractivity contribution in [2.45, 2.75) is 47.5 Å². The number of amides is 1. The van der Waals surface area contributed by atoms with Crippen molar-refractivity contribution < 1.29 is 19.1 Å². The Morgan fingerprint density at radius 3 is 2.25 bits per heavy atom. The fraction of sp³-hybridized carbons (Fsp3) is 0.611. The molecule has 1 heterocycles. The minimum absolute atomic E-state index is 0.0362. The normalized spacial score (nSPS) is 10.6. The Bertz CT molecular complexity index is 631. The van der Waals surface area contributed by atoms with Crippen molar-refractivity contribution >= 4 is 17.7 Å². The lowest BCUT2D eigenvalue weighted by Crippen LogP contribution is -2.36.